The summed E-state index contributed by atoms with van der Waals surface area (Å²) in [4.78, 5) is 0. The normalized spacial score (nSPS) is 19.6. The molecule has 0 bridgehead atoms. The van der Waals surface area contributed by atoms with Gasteiger partial charge < -0.3 is 5.32 Å². The number of nitrogens with zero attached hydrogens (tertiary/aromatic N) is 1. The minimum Gasteiger partial charge on any atom is -0.383 e. The summed E-state index contributed by atoms with van der Waals surface area (Å²) in [7, 11) is 0. The van der Waals surface area contributed by atoms with E-state index in [9.17, 15) is 0 Å². The fourth-order valence-corrected chi connectivity index (χ4v) is 3.33. The van der Waals surface area contributed by atoms with Crippen LogP contribution in [0.15, 0.2) is 18.2 Å². The van der Waals surface area contributed by atoms with Crippen LogP contribution in [0.3, 0.4) is 0 Å². The second-order valence-corrected chi connectivity index (χ2v) is 5.94. The van der Waals surface area contributed by atoms with Gasteiger partial charge in [-0.15, -0.1) is 0 Å². The first kappa shape index (κ1) is 12.3. The zero-order valence-electron chi connectivity index (χ0n) is 10.2. The number of hydrogen-bond donors (Lipinski definition) is 1. The lowest BCUT2D eigenvalue weighted by Crippen LogP contribution is -2.20. The van der Waals surface area contributed by atoms with Gasteiger partial charge in [-0.3, -0.25) is 0 Å². The smallest absolute Gasteiger partial charge is 0.101 e. The van der Waals surface area contributed by atoms with Gasteiger partial charge in [-0.05, 0) is 43.2 Å². The van der Waals surface area contributed by atoms with Gasteiger partial charge in [-0.2, -0.15) is 17.0 Å². The molecule has 1 saturated heterocycles. The van der Waals surface area contributed by atoms with Crippen LogP contribution in [0, 0.1) is 18.3 Å². The molecule has 0 aliphatic carbocycles. The van der Waals surface area contributed by atoms with E-state index in [-0.39, 0.29) is 0 Å². The molecule has 2 nitrogen and oxygen atoms in total. The van der Waals surface area contributed by atoms with Crippen molar-refractivity contribution in [3.05, 3.63) is 29.3 Å². The van der Waals surface area contributed by atoms with E-state index < -0.39 is 0 Å². The Morgan fingerprint density at radius 3 is 3.06 bits per heavy atom. The molecular formula is C14H18N2S. The van der Waals surface area contributed by atoms with Crippen molar-refractivity contribution < 1.29 is 0 Å². The zero-order chi connectivity index (χ0) is 12.1. The minimum atomic E-state index is 0.704. The predicted octanol–water partition coefficient (Wildman–Crippen LogP) is 3.56. The SMILES string of the molecule is Cc1ccc(C#N)c(NCC2CCCCS2)c1. The second-order valence-electron chi connectivity index (χ2n) is 4.53. The second kappa shape index (κ2) is 5.97. The van der Waals surface area contributed by atoms with Gasteiger partial charge in [0.2, 0.25) is 0 Å². The van der Waals surface area contributed by atoms with Gasteiger partial charge in [0.05, 0.1) is 11.3 Å². The van der Waals surface area contributed by atoms with Gasteiger partial charge in [-0.1, -0.05) is 12.5 Å². The zero-order valence-corrected chi connectivity index (χ0v) is 11.0. The first-order chi connectivity index (χ1) is 8.29. The maximum absolute atomic E-state index is 9.05. The highest BCUT2D eigenvalue weighted by atomic mass is 32.2. The molecule has 3 heteroatoms. The van der Waals surface area contributed by atoms with E-state index in [0.29, 0.717) is 5.25 Å². The molecule has 1 N–H and O–H groups in total. The first-order valence-electron chi connectivity index (χ1n) is 6.16. The Morgan fingerprint density at radius 2 is 2.35 bits per heavy atom. The maximum Gasteiger partial charge on any atom is 0.101 e. The summed E-state index contributed by atoms with van der Waals surface area (Å²) >= 11 is 2.05. The van der Waals surface area contributed by atoms with Crippen molar-refractivity contribution in [2.45, 2.75) is 31.4 Å². The van der Waals surface area contributed by atoms with Crippen LogP contribution in [-0.4, -0.2) is 17.5 Å². The van der Waals surface area contributed by atoms with Crippen LogP contribution in [0.25, 0.3) is 0 Å². The summed E-state index contributed by atoms with van der Waals surface area (Å²) in [6.07, 6.45) is 4.00. The highest BCUT2D eigenvalue weighted by Gasteiger charge is 2.14. The summed E-state index contributed by atoms with van der Waals surface area (Å²) in [6, 6.07) is 8.18. The molecule has 0 aromatic heterocycles. The van der Waals surface area contributed by atoms with Crippen LogP contribution in [0.2, 0.25) is 0 Å². The molecule has 1 atom stereocenters. The van der Waals surface area contributed by atoms with Gasteiger partial charge in [-0.25, -0.2) is 0 Å². The molecule has 1 aliphatic rings. The average molecular weight is 246 g/mol. The fourth-order valence-electron chi connectivity index (χ4n) is 2.09. The highest BCUT2D eigenvalue weighted by Crippen LogP contribution is 2.26. The van der Waals surface area contributed by atoms with Crippen molar-refractivity contribution in [3.8, 4) is 6.07 Å². The molecule has 1 fully saturated rings. The molecule has 1 unspecified atom stereocenters. The van der Waals surface area contributed by atoms with Crippen LogP contribution < -0.4 is 5.32 Å². The van der Waals surface area contributed by atoms with E-state index in [1.807, 2.05) is 12.1 Å². The number of hydrogen-bond acceptors (Lipinski definition) is 3. The topological polar surface area (TPSA) is 35.8 Å². The van der Waals surface area contributed by atoms with Crippen LogP contribution in [0.4, 0.5) is 5.69 Å². The van der Waals surface area contributed by atoms with Gasteiger partial charge >= 0.3 is 0 Å². The van der Waals surface area contributed by atoms with E-state index in [0.717, 1.165) is 17.8 Å². The van der Waals surface area contributed by atoms with Crippen LogP contribution >= 0.6 is 11.8 Å². The Bertz CT molecular complexity index is 417. The lowest BCUT2D eigenvalue weighted by atomic mass is 10.1. The summed E-state index contributed by atoms with van der Waals surface area (Å²) in [6.45, 7) is 3.03. The standard InChI is InChI=1S/C14H18N2S/c1-11-5-6-12(9-15)14(8-11)16-10-13-4-2-3-7-17-13/h5-6,8,13,16H,2-4,7,10H2,1H3. The number of rotatable bonds is 3. The van der Waals surface area contributed by atoms with Crippen molar-refractivity contribution in [3.63, 3.8) is 0 Å². The number of nitriles is 1. The minimum absolute atomic E-state index is 0.704. The Balaban J connectivity index is 1.98. The third kappa shape index (κ3) is 3.41. The summed E-state index contributed by atoms with van der Waals surface area (Å²) in [5.41, 5.74) is 2.93. The molecular weight excluding hydrogens is 228 g/mol. The quantitative estimate of drug-likeness (QED) is 0.885. The molecule has 1 heterocycles. The molecule has 17 heavy (non-hydrogen) atoms. The molecule has 90 valence electrons. The van der Waals surface area contributed by atoms with Crippen LogP contribution in [-0.2, 0) is 0 Å². The predicted molar refractivity (Wildman–Crippen MR) is 74.5 cm³/mol. The molecule has 1 aromatic rings. The van der Waals surface area contributed by atoms with E-state index in [1.54, 1.807) is 0 Å². The van der Waals surface area contributed by atoms with Crippen LogP contribution in [0.1, 0.15) is 30.4 Å². The lowest BCUT2D eigenvalue weighted by Gasteiger charge is -2.22. The number of thioether (sulfide) groups is 1. The Labute approximate surface area is 107 Å². The Morgan fingerprint density at radius 1 is 1.47 bits per heavy atom. The summed E-state index contributed by atoms with van der Waals surface area (Å²) in [5.74, 6) is 1.28. The molecule has 0 radical (unpaired) electrons. The Hall–Kier alpha value is -1.14. The third-order valence-corrected chi connectivity index (χ3v) is 4.49. The van der Waals surface area contributed by atoms with E-state index in [4.69, 9.17) is 5.26 Å². The number of benzene rings is 1. The van der Waals surface area contributed by atoms with Crippen molar-refractivity contribution in [2.75, 3.05) is 17.6 Å². The van der Waals surface area contributed by atoms with Crippen molar-refractivity contribution in [2.24, 2.45) is 0 Å². The number of nitrogens with one attached hydrogen (secondary N) is 1. The van der Waals surface area contributed by atoms with Crippen molar-refractivity contribution >= 4 is 17.4 Å². The van der Waals surface area contributed by atoms with E-state index >= 15 is 0 Å². The fraction of sp³-hybridized carbons (Fsp3) is 0.500. The van der Waals surface area contributed by atoms with Gasteiger partial charge in [0.1, 0.15) is 6.07 Å². The summed E-state index contributed by atoms with van der Waals surface area (Å²) < 4.78 is 0. The van der Waals surface area contributed by atoms with E-state index in [2.05, 4.69) is 36.1 Å². The van der Waals surface area contributed by atoms with Crippen molar-refractivity contribution in [1.29, 1.82) is 5.26 Å². The van der Waals surface area contributed by atoms with Gasteiger partial charge in [0.25, 0.3) is 0 Å². The van der Waals surface area contributed by atoms with Gasteiger partial charge in [0, 0.05) is 11.8 Å². The average Bonchev–Trinajstić information content (AvgIpc) is 2.38. The maximum atomic E-state index is 9.05. The van der Waals surface area contributed by atoms with Crippen LogP contribution in [0.5, 0.6) is 0 Å². The monoisotopic (exact) mass is 246 g/mol. The number of anilines is 1. The first-order valence-corrected chi connectivity index (χ1v) is 7.20. The Kier molecular flexibility index (Phi) is 4.33. The molecule has 0 amide bonds. The number of aryl methyl sites for hydroxylation is 1. The molecule has 1 aromatic carbocycles. The summed E-state index contributed by atoms with van der Waals surface area (Å²) in [5, 5.41) is 13.2. The van der Waals surface area contributed by atoms with Crippen molar-refractivity contribution in [1.82, 2.24) is 0 Å². The molecule has 0 spiro atoms. The largest absolute Gasteiger partial charge is 0.383 e. The lowest BCUT2D eigenvalue weighted by molar-refractivity contribution is 0.677. The third-order valence-electron chi connectivity index (χ3n) is 3.09. The van der Waals surface area contributed by atoms with Gasteiger partial charge in [0.15, 0.2) is 0 Å². The molecule has 2 rings (SSSR count). The molecule has 1 aliphatic heterocycles. The molecule has 0 saturated carbocycles. The highest BCUT2D eigenvalue weighted by molar-refractivity contribution is 7.99. The van der Waals surface area contributed by atoms with E-state index in [1.165, 1.54) is 30.6 Å².